The molecular weight excluding hydrogens is 419 g/mol. The Hall–Kier alpha value is -3.93. The molecule has 2 amide bonds. The Bertz CT molecular complexity index is 1250. The number of nitrogens with one attached hydrogen (secondary N) is 1. The first-order valence-corrected chi connectivity index (χ1v) is 10.7. The molecule has 6 heteroatoms. The fourth-order valence-corrected chi connectivity index (χ4v) is 3.80. The van der Waals surface area contributed by atoms with Crippen molar-refractivity contribution in [3.63, 3.8) is 0 Å². The highest BCUT2D eigenvalue weighted by atomic mass is 19.1. The Balaban J connectivity index is 1.66. The van der Waals surface area contributed by atoms with Gasteiger partial charge in [-0.15, -0.1) is 0 Å². The third kappa shape index (κ3) is 4.65. The summed E-state index contributed by atoms with van der Waals surface area (Å²) >= 11 is 0. The van der Waals surface area contributed by atoms with E-state index in [1.165, 1.54) is 17.0 Å². The van der Waals surface area contributed by atoms with E-state index in [9.17, 15) is 14.0 Å². The average Bonchev–Trinajstić information content (AvgIpc) is 3.03. The second-order valence-electron chi connectivity index (χ2n) is 8.04. The van der Waals surface area contributed by atoms with Crippen LogP contribution in [0.15, 0.2) is 72.4 Å². The molecule has 0 radical (unpaired) electrons. The lowest BCUT2D eigenvalue weighted by molar-refractivity contribution is -0.136. The number of amides is 2. The molecule has 1 aliphatic heterocycles. The van der Waals surface area contributed by atoms with Gasteiger partial charge >= 0.3 is 0 Å². The molecule has 0 unspecified atom stereocenters. The van der Waals surface area contributed by atoms with Crippen molar-refractivity contribution in [1.82, 2.24) is 4.90 Å². The molecular formula is C27H25FN2O3. The third-order valence-electron chi connectivity index (χ3n) is 5.84. The first kappa shape index (κ1) is 22.3. The SMILES string of the molecule is COc1ccc(CCN2C(=O)C(Nc3cccc(F)c3)=C(c3ccc(C)c(C)c3)C2=O)cc1. The summed E-state index contributed by atoms with van der Waals surface area (Å²) in [5.41, 5.74) is 4.60. The molecule has 33 heavy (non-hydrogen) atoms. The monoisotopic (exact) mass is 444 g/mol. The highest BCUT2D eigenvalue weighted by molar-refractivity contribution is 6.36. The molecule has 0 aliphatic carbocycles. The zero-order chi connectivity index (χ0) is 23.5. The quantitative estimate of drug-likeness (QED) is 0.528. The van der Waals surface area contributed by atoms with E-state index < -0.39 is 11.7 Å². The van der Waals surface area contributed by atoms with Gasteiger partial charge in [0, 0.05) is 12.2 Å². The van der Waals surface area contributed by atoms with Crippen molar-refractivity contribution in [2.45, 2.75) is 20.3 Å². The molecule has 1 heterocycles. The van der Waals surface area contributed by atoms with Gasteiger partial charge in [-0.1, -0.05) is 36.4 Å². The van der Waals surface area contributed by atoms with Crippen molar-refractivity contribution < 1.29 is 18.7 Å². The second-order valence-corrected chi connectivity index (χ2v) is 8.04. The summed E-state index contributed by atoms with van der Waals surface area (Å²) in [6.07, 6.45) is 0.509. The van der Waals surface area contributed by atoms with Gasteiger partial charge in [0.1, 0.15) is 17.3 Å². The Morgan fingerprint density at radius 2 is 1.67 bits per heavy atom. The molecule has 0 bridgehead atoms. The maximum Gasteiger partial charge on any atom is 0.278 e. The molecule has 3 aromatic rings. The highest BCUT2D eigenvalue weighted by Gasteiger charge is 2.39. The van der Waals surface area contributed by atoms with Gasteiger partial charge in [0.2, 0.25) is 0 Å². The van der Waals surface area contributed by atoms with Crippen LogP contribution in [0.25, 0.3) is 5.57 Å². The van der Waals surface area contributed by atoms with Crippen LogP contribution in [0.1, 0.15) is 22.3 Å². The lowest BCUT2D eigenvalue weighted by Gasteiger charge is -2.15. The third-order valence-corrected chi connectivity index (χ3v) is 5.84. The van der Waals surface area contributed by atoms with Crippen molar-refractivity contribution in [2.75, 3.05) is 19.0 Å². The van der Waals surface area contributed by atoms with Crippen LogP contribution in [-0.4, -0.2) is 30.4 Å². The van der Waals surface area contributed by atoms with E-state index in [1.807, 2.05) is 56.3 Å². The van der Waals surface area contributed by atoms with Gasteiger partial charge in [0.15, 0.2) is 0 Å². The van der Waals surface area contributed by atoms with Gasteiger partial charge in [-0.2, -0.15) is 0 Å². The van der Waals surface area contributed by atoms with Crippen molar-refractivity contribution in [3.05, 3.63) is 100 Å². The fraction of sp³-hybridized carbons (Fsp3) is 0.185. The van der Waals surface area contributed by atoms with Crippen LogP contribution in [-0.2, 0) is 16.0 Å². The number of anilines is 1. The normalized spacial score (nSPS) is 13.6. The molecule has 1 aliphatic rings. The van der Waals surface area contributed by atoms with Crippen molar-refractivity contribution >= 4 is 23.1 Å². The Morgan fingerprint density at radius 1 is 0.909 bits per heavy atom. The largest absolute Gasteiger partial charge is 0.497 e. The number of carbonyl (C=O) groups excluding carboxylic acids is 2. The van der Waals surface area contributed by atoms with Gasteiger partial charge in [-0.25, -0.2) is 4.39 Å². The van der Waals surface area contributed by atoms with E-state index in [1.54, 1.807) is 19.2 Å². The predicted octanol–water partition coefficient (Wildman–Crippen LogP) is 4.89. The first-order chi connectivity index (χ1) is 15.9. The zero-order valence-corrected chi connectivity index (χ0v) is 18.8. The summed E-state index contributed by atoms with van der Waals surface area (Å²) in [5, 5.41) is 3.00. The van der Waals surface area contributed by atoms with Crippen LogP contribution in [0, 0.1) is 19.7 Å². The standard InChI is InChI=1S/C27H25FN2O3/c1-17-7-10-20(15-18(17)2)24-25(29-22-6-4-5-21(28)16-22)27(32)30(26(24)31)14-13-19-8-11-23(33-3)12-9-19/h4-12,15-16,29H,13-14H2,1-3H3. The second kappa shape index (κ2) is 9.28. The number of ether oxygens (including phenoxy) is 1. The van der Waals surface area contributed by atoms with Crippen LogP contribution < -0.4 is 10.1 Å². The van der Waals surface area contributed by atoms with Crippen LogP contribution in [0.3, 0.4) is 0 Å². The minimum atomic E-state index is -0.429. The minimum Gasteiger partial charge on any atom is -0.497 e. The fourth-order valence-electron chi connectivity index (χ4n) is 3.80. The van der Waals surface area contributed by atoms with Crippen LogP contribution in [0.5, 0.6) is 5.75 Å². The lowest BCUT2D eigenvalue weighted by atomic mass is 9.99. The molecule has 1 N–H and O–H groups in total. The number of nitrogens with zero attached hydrogens (tertiary/aromatic N) is 1. The number of imide groups is 1. The number of aryl methyl sites for hydroxylation is 2. The molecule has 0 atom stereocenters. The molecule has 0 saturated heterocycles. The molecule has 0 spiro atoms. The number of carbonyl (C=O) groups is 2. The molecule has 3 aromatic carbocycles. The van der Waals surface area contributed by atoms with Crippen molar-refractivity contribution in [3.8, 4) is 5.75 Å². The van der Waals surface area contributed by atoms with Crippen LogP contribution in [0.4, 0.5) is 10.1 Å². The van der Waals surface area contributed by atoms with Crippen LogP contribution >= 0.6 is 0 Å². The Morgan fingerprint density at radius 3 is 2.33 bits per heavy atom. The number of halogens is 1. The molecule has 0 saturated carbocycles. The number of hydrogen-bond donors (Lipinski definition) is 1. The maximum absolute atomic E-state index is 13.7. The Labute approximate surface area is 192 Å². The summed E-state index contributed by atoms with van der Waals surface area (Å²) in [6.45, 7) is 4.18. The predicted molar refractivity (Wildman–Crippen MR) is 126 cm³/mol. The maximum atomic E-state index is 13.7. The summed E-state index contributed by atoms with van der Waals surface area (Å²) in [7, 11) is 1.60. The number of rotatable bonds is 7. The lowest BCUT2D eigenvalue weighted by Crippen LogP contribution is -2.34. The van der Waals surface area contributed by atoms with Gasteiger partial charge in [0.05, 0.1) is 12.7 Å². The average molecular weight is 445 g/mol. The van der Waals surface area contributed by atoms with Gasteiger partial charge < -0.3 is 10.1 Å². The number of hydrogen-bond acceptors (Lipinski definition) is 4. The van der Waals surface area contributed by atoms with Crippen molar-refractivity contribution in [2.24, 2.45) is 0 Å². The first-order valence-electron chi connectivity index (χ1n) is 10.7. The van der Waals surface area contributed by atoms with Gasteiger partial charge in [-0.3, -0.25) is 14.5 Å². The Kier molecular flexibility index (Phi) is 6.27. The van der Waals surface area contributed by atoms with Gasteiger partial charge in [-0.05, 0) is 72.9 Å². The molecule has 0 aromatic heterocycles. The van der Waals surface area contributed by atoms with E-state index in [0.717, 1.165) is 22.4 Å². The van der Waals surface area contributed by atoms with E-state index in [2.05, 4.69) is 5.32 Å². The number of methoxy groups -OCH3 is 1. The minimum absolute atomic E-state index is 0.156. The van der Waals surface area contributed by atoms with Gasteiger partial charge in [0.25, 0.3) is 11.8 Å². The smallest absolute Gasteiger partial charge is 0.278 e. The van der Waals surface area contributed by atoms with Crippen molar-refractivity contribution in [1.29, 1.82) is 0 Å². The molecule has 168 valence electrons. The summed E-state index contributed by atoms with van der Waals surface area (Å²) < 4.78 is 18.9. The topological polar surface area (TPSA) is 58.6 Å². The number of benzene rings is 3. The van der Waals surface area contributed by atoms with E-state index >= 15 is 0 Å². The highest BCUT2D eigenvalue weighted by Crippen LogP contribution is 2.31. The van der Waals surface area contributed by atoms with E-state index in [-0.39, 0.29) is 18.1 Å². The van der Waals surface area contributed by atoms with E-state index in [0.29, 0.717) is 23.2 Å². The summed E-state index contributed by atoms with van der Waals surface area (Å²) in [6, 6.07) is 19.0. The van der Waals surface area contributed by atoms with Crippen LogP contribution in [0.2, 0.25) is 0 Å². The molecule has 5 nitrogen and oxygen atoms in total. The molecule has 4 rings (SSSR count). The molecule has 0 fully saturated rings. The summed E-state index contributed by atoms with van der Waals surface area (Å²) in [5.74, 6) is -0.476. The summed E-state index contributed by atoms with van der Waals surface area (Å²) in [4.78, 5) is 28.0. The van der Waals surface area contributed by atoms with E-state index in [4.69, 9.17) is 4.74 Å². The zero-order valence-electron chi connectivity index (χ0n) is 18.8.